The minimum atomic E-state index is -0.625. The minimum Gasteiger partial charge on any atom is -0.494 e. The molecule has 0 aliphatic carbocycles. The van der Waals surface area contributed by atoms with Gasteiger partial charge in [-0.3, -0.25) is 14.5 Å². The van der Waals surface area contributed by atoms with Crippen molar-refractivity contribution in [3.05, 3.63) is 58.7 Å². The molecule has 4 amide bonds. The third-order valence-corrected chi connectivity index (χ3v) is 5.09. The van der Waals surface area contributed by atoms with Gasteiger partial charge in [0.15, 0.2) is 0 Å². The number of anilines is 1. The zero-order valence-electron chi connectivity index (χ0n) is 18.8. The maximum Gasteiger partial charge on any atom is 0.319 e. The number of ether oxygens (including phenoxy) is 1. The molecule has 0 bridgehead atoms. The molecule has 1 atom stereocenters. The monoisotopic (exact) mass is 423 g/mol. The lowest BCUT2D eigenvalue weighted by atomic mass is 10.0. The average Bonchev–Trinajstić information content (AvgIpc) is 2.93. The Hall–Kier alpha value is -3.35. The van der Waals surface area contributed by atoms with Gasteiger partial charge in [-0.15, -0.1) is 0 Å². The van der Waals surface area contributed by atoms with Crippen LogP contribution in [0.15, 0.2) is 36.4 Å². The molecular formula is C24H29N3O4. The standard InChI is InChI=1S/C24H29N3O4/c1-7-31-20-11-8-14(2)12-18(20)15(3)25-23(30)26-16-9-10-17-19(13-16)22(29)27(21(17)28)24(4,5)6/h8-13,15H,7H2,1-6H3,(H2,25,26,30). The first-order valence-corrected chi connectivity index (χ1v) is 10.4. The number of nitrogens with one attached hydrogen (secondary N) is 2. The van der Waals surface area contributed by atoms with Crippen LogP contribution in [-0.4, -0.2) is 34.9 Å². The molecule has 2 aromatic carbocycles. The van der Waals surface area contributed by atoms with Crippen LogP contribution < -0.4 is 15.4 Å². The smallest absolute Gasteiger partial charge is 0.319 e. The van der Waals surface area contributed by atoms with Crippen LogP contribution in [0.1, 0.15) is 72.5 Å². The largest absolute Gasteiger partial charge is 0.494 e. The van der Waals surface area contributed by atoms with Crippen LogP contribution in [0.3, 0.4) is 0 Å². The molecule has 164 valence electrons. The minimum absolute atomic E-state index is 0.295. The molecule has 2 N–H and O–H groups in total. The first-order valence-electron chi connectivity index (χ1n) is 10.4. The van der Waals surface area contributed by atoms with Crippen molar-refractivity contribution in [1.29, 1.82) is 0 Å². The second kappa shape index (κ2) is 8.41. The molecule has 0 radical (unpaired) electrons. The van der Waals surface area contributed by atoms with Crippen molar-refractivity contribution in [2.24, 2.45) is 0 Å². The Morgan fingerprint density at radius 1 is 1.06 bits per heavy atom. The fourth-order valence-electron chi connectivity index (χ4n) is 3.66. The molecule has 7 nitrogen and oxygen atoms in total. The Morgan fingerprint density at radius 2 is 1.74 bits per heavy atom. The van der Waals surface area contributed by atoms with Crippen molar-refractivity contribution >= 4 is 23.5 Å². The van der Waals surface area contributed by atoms with E-state index >= 15 is 0 Å². The van der Waals surface area contributed by atoms with Gasteiger partial charge in [-0.05, 0) is 65.8 Å². The second-order valence-corrected chi connectivity index (χ2v) is 8.67. The van der Waals surface area contributed by atoms with E-state index in [0.717, 1.165) is 16.9 Å². The first-order chi connectivity index (χ1) is 14.5. The molecule has 7 heteroatoms. The maximum absolute atomic E-state index is 12.7. The molecule has 0 aromatic heterocycles. The lowest BCUT2D eigenvalue weighted by Gasteiger charge is -2.29. The molecule has 3 rings (SSSR count). The number of urea groups is 1. The van der Waals surface area contributed by atoms with Crippen molar-refractivity contribution in [3.8, 4) is 5.75 Å². The number of hydrogen-bond acceptors (Lipinski definition) is 4. The van der Waals surface area contributed by atoms with Crippen LogP contribution in [0, 0.1) is 6.92 Å². The van der Waals surface area contributed by atoms with Crippen LogP contribution in [0.2, 0.25) is 0 Å². The summed E-state index contributed by atoms with van der Waals surface area (Å²) in [7, 11) is 0. The van der Waals surface area contributed by atoms with E-state index in [4.69, 9.17) is 4.74 Å². The number of rotatable bonds is 5. The first kappa shape index (κ1) is 22.3. The molecule has 0 saturated heterocycles. The van der Waals surface area contributed by atoms with Crippen molar-refractivity contribution in [2.45, 2.75) is 53.1 Å². The van der Waals surface area contributed by atoms with E-state index in [1.165, 1.54) is 4.90 Å². The van der Waals surface area contributed by atoms with Crippen LogP contribution >= 0.6 is 0 Å². The molecule has 1 unspecified atom stereocenters. The van der Waals surface area contributed by atoms with Crippen molar-refractivity contribution < 1.29 is 19.1 Å². The SMILES string of the molecule is CCOc1ccc(C)cc1C(C)NC(=O)Nc1ccc2c(c1)C(=O)N(C(C)(C)C)C2=O. The van der Waals surface area contributed by atoms with Gasteiger partial charge in [0.1, 0.15) is 5.75 Å². The number of carbonyl (C=O) groups excluding carboxylic acids is 3. The summed E-state index contributed by atoms with van der Waals surface area (Å²) < 4.78 is 5.68. The fraction of sp³-hybridized carbons (Fsp3) is 0.375. The van der Waals surface area contributed by atoms with Gasteiger partial charge in [0.25, 0.3) is 11.8 Å². The van der Waals surface area contributed by atoms with Crippen molar-refractivity contribution in [1.82, 2.24) is 10.2 Å². The maximum atomic E-state index is 12.7. The summed E-state index contributed by atoms with van der Waals surface area (Å²) in [6, 6.07) is 9.88. The van der Waals surface area contributed by atoms with Crippen LogP contribution in [0.4, 0.5) is 10.5 Å². The summed E-state index contributed by atoms with van der Waals surface area (Å²) in [4.78, 5) is 39.2. The zero-order chi connectivity index (χ0) is 22.9. The lowest BCUT2D eigenvalue weighted by molar-refractivity contribution is 0.0507. The molecule has 0 spiro atoms. The molecule has 1 aliphatic rings. The summed E-state index contributed by atoms with van der Waals surface area (Å²) in [5.41, 5.74) is 2.41. The van der Waals surface area contributed by atoms with Gasteiger partial charge in [0.2, 0.25) is 0 Å². The van der Waals surface area contributed by atoms with Gasteiger partial charge < -0.3 is 15.4 Å². The molecule has 0 saturated carbocycles. The summed E-state index contributed by atoms with van der Waals surface area (Å²) in [5, 5.41) is 5.65. The number of aryl methyl sites for hydroxylation is 1. The van der Waals surface area contributed by atoms with E-state index in [1.54, 1.807) is 18.2 Å². The van der Waals surface area contributed by atoms with Gasteiger partial charge in [-0.25, -0.2) is 4.79 Å². The number of amides is 4. The molecule has 1 aliphatic heterocycles. The predicted octanol–water partition coefficient (Wildman–Crippen LogP) is 4.67. The molecule has 1 heterocycles. The fourth-order valence-corrected chi connectivity index (χ4v) is 3.66. The van der Waals surface area contributed by atoms with Gasteiger partial charge in [-0.1, -0.05) is 17.7 Å². The van der Waals surface area contributed by atoms with Gasteiger partial charge >= 0.3 is 6.03 Å². The Balaban J connectivity index is 1.75. The van der Waals surface area contributed by atoms with E-state index < -0.39 is 11.6 Å². The normalized spacial score (nSPS) is 14.3. The number of imide groups is 1. The van der Waals surface area contributed by atoms with E-state index in [9.17, 15) is 14.4 Å². The Kier molecular flexibility index (Phi) is 6.06. The van der Waals surface area contributed by atoms with Crippen LogP contribution in [0.5, 0.6) is 5.75 Å². The highest BCUT2D eigenvalue weighted by Gasteiger charge is 2.41. The van der Waals surface area contributed by atoms with Crippen LogP contribution in [0.25, 0.3) is 0 Å². The van der Waals surface area contributed by atoms with E-state index in [0.29, 0.717) is 23.4 Å². The van der Waals surface area contributed by atoms with E-state index in [2.05, 4.69) is 10.6 Å². The summed E-state index contributed by atoms with van der Waals surface area (Å²) in [5.74, 6) is 0.0517. The third kappa shape index (κ3) is 4.55. The predicted molar refractivity (Wildman–Crippen MR) is 120 cm³/mol. The van der Waals surface area contributed by atoms with Gasteiger partial charge in [0.05, 0.1) is 23.8 Å². The summed E-state index contributed by atoms with van der Waals surface area (Å²) in [6.07, 6.45) is 0. The average molecular weight is 424 g/mol. The third-order valence-electron chi connectivity index (χ3n) is 5.09. The van der Waals surface area contributed by atoms with E-state index in [-0.39, 0.29) is 17.9 Å². The number of benzene rings is 2. The summed E-state index contributed by atoms with van der Waals surface area (Å²) in [6.45, 7) is 11.7. The zero-order valence-corrected chi connectivity index (χ0v) is 18.8. The second-order valence-electron chi connectivity index (χ2n) is 8.67. The van der Waals surface area contributed by atoms with Crippen molar-refractivity contribution in [2.75, 3.05) is 11.9 Å². The molecule has 2 aromatic rings. The number of nitrogens with zero attached hydrogens (tertiary/aromatic N) is 1. The highest BCUT2D eigenvalue weighted by Crippen LogP contribution is 2.31. The number of carbonyl (C=O) groups is 3. The summed E-state index contributed by atoms with van der Waals surface area (Å²) >= 11 is 0. The van der Waals surface area contributed by atoms with Crippen LogP contribution in [-0.2, 0) is 0 Å². The Bertz CT molecular complexity index is 1040. The topological polar surface area (TPSA) is 87.7 Å². The highest BCUT2D eigenvalue weighted by molar-refractivity contribution is 6.22. The van der Waals surface area contributed by atoms with Gasteiger partial charge in [-0.2, -0.15) is 0 Å². The Morgan fingerprint density at radius 3 is 2.39 bits per heavy atom. The number of fused-ring (bicyclic) bond motifs is 1. The van der Waals surface area contributed by atoms with E-state index in [1.807, 2.05) is 59.7 Å². The number of hydrogen-bond donors (Lipinski definition) is 2. The quantitative estimate of drug-likeness (QED) is 0.684. The van der Waals surface area contributed by atoms with Crippen molar-refractivity contribution in [3.63, 3.8) is 0 Å². The van der Waals surface area contributed by atoms with Gasteiger partial charge in [0, 0.05) is 16.8 Å². The molecule has 0 fully saturated rings. The lowest BCUT2D eigenvalue weighted by Crippen LogP contribution is -2.45. The molecule has 31 heavy (non-hydrogen) atoms. The molecular weight excluding hydrogens is 394 g/mol. The highest BCUT2D eigenvalue weighted by atomic mass is 16.5. The Labute approximate surface area is 182 Å².